The maximum atomic E-state index is 4.72. The smallest absolute Gasteiger partial charge is 0.0192 e. The molecular formula is C45H35IrN3-4. The molecule has 0 bridgehead atoms. The van der Waals surface area contributed by atoms with E-state index in [1.165, 1.54) is 33.4 Å². The van der Waals surface area contributed by atoms with E-state index in [2.05, 4.69) is 72.8 Å². The summed E-state index contributed by atoms with van der Waals surface area (Å²) in [5.41, 5.74) is 13.4. The Morgan fingerprint density at radius 3 is 1.08 bits per heavy atom. The fourth-order valence-electron chi connectivity index (χ4n) is 5.88. The Hall–Kier alpha value is -5.02. The number of aryl methyl sites for hydroxylation is 6. The monoisotopic (exact) mass is 810 g/mol. The molecule has 3 aromatic heterocycles. The van der Waals surface area contributed by atoms with Crippen LogP contribution in [0.3, 0.4) is 0 Å². The van der Waals surface area contributed by atoms with Gasteiger partial charge in [0.25, 0.3) is 0 Å². The minimum atomic E-state index is 0. The zero-order valence-corrected chi connectivity index (χ0v) is 29.6. The van der Waals surface area contributed by atoms with E-state index in [1.54, 1.807) is 0 Å². The predicted molar refractivity (Wildman–Crippen MR) is 193 cm³/mol. The summed E-state index contributed by atoms with van der Waals surface area (Å²) < 4.78 is 0. The standard InChI is InChI=1S/C45H35N3.Ir/c1-4-10-40(11-5-1)43-25-22-34(31-46-43)16-19-37-28-38(20-17-35-23-26-44(47-32-35)41-12-6-2-7-13-41)30-39(29-37)21-18-36-24-27-45(48-33-36)42-14-8-3-9-15-42;/h1-10,12,14,22-29,31-33H,16-21H2;/q-4;. The Morgan fingerprint density at radius 1 is 0.388 bits per heavy atom. The molecule has 0 saturated carbocycles. The molecule has 243 valence electrons. The van der Waals surface area contributed by atoms with Gasteiger partial charge in [0.2, 0.25) is 0 Å². The number of nitrogens with zero attached hydrogens (tertiary/aromatic N) is 3. The fourth-order valence-corrected chi connectivity index (χ4v) is 5.88. The summed E-state index contributed by atoms with van der Waals surface area (Å²) in [5, 5.41) is 0. The van der Waals surface area contributed by atoms with E-state index >= 15 is 0 Å². The molecule has 3 nitrogen and oxygen atoms in total. The van der Waals surface area contributed by atoms with Gasteiger partial charge >= 0.3 is 0 Å². The minimum Gasteiger partial charge on any atom is -0.304 e. The van der Waals surface area contributed by atoms with Gasteiger partial charge in [0.05, 0.1) is 0 Å². The number of hydrogen-bond acceptors (Lipinski definition) is 3. The van der Waals surface area contributed by atoms with Gasteiger partial charge in [-0.1, -0.05) is 36.4 Å². The Balaban J connectivity index is 0.00000417. The third-order valence-electron chi connectivity index (χ3n) is 8.54. The maximum Gasteiger partial charge on any atom is 0.0192 e. The van der Waals surface area contributed by atoms with Gasteiger partial charge in [-0.05, 0) is 72.3 Å². The summed E-state index contributed by atoms with van der Waals surface area (Å²) >= 11 is 0. The van der Waals surface area contributed by atoms with Crippen molar-refractivity contribution >= 4 is 0 Å². The number of rotatable bonds is 12. The molecule has 0 aliphatic heterocycles. The Kier molecular flexibility index (Phi) is 11.7. The van der Waals surface area contributed by atoms with Gasteiger partial charge in [0.1, 0.15) is 0 Å². The molecule has 49 heavy (non-hydrogen) atoms. The first-order valence-corrected chi connectivity index (χ1v) is 16.6. The van der Waals surface area contributed by atoms with Crippen LogP contribution in [0.1, 0.15) is 33.4 Å². The molecule has 0 saturated heterocycles. The second kappa shape index (κ2) is 16.9. The quantitative estimate of drug-likeness (QED) is 0.116. The SMILES string of the molecule is [Ir].[c-]1c(CCc2ccc(-c3[c-]cccc3)nc2)cc(CCc2ccc(-c3[c-]cccc3)nc2)cc1CCc1ccc(-c2[c-]cccc2)nc1. The van der Waals surface area contributed by atoms with Crippen molar-refractivity contribution < 1.29 is 20.1 Å². The van der Waals surface area contributed by atoms with Gasteiger partial charge in [-0.2, -0.15) is 34.9 Å². The normalized spacial score (nSPS) is 10.8. The molecule has 7 rings (SSSR count). The molecule has 4 heteroatoms. The first-order valence-electron chi connectivity index (χ1n) is 16.6. The zero-order valence-electron chi connectivity index (χ0n) is 27.2. The van der Waals surface area contributed by atoms with Crippen molar-refractivity contribution in [2.75, 3.05) is 0 Å². The molecule has 4 aromatic carbocycles. The van der Waals surface area contributed by atoms with Crippen LogP contribution in [0.4, 0.5) is 0 Å². The summed E-state index contributed by atoms with van der Waals surface area (Å²) in [6, 6.07) is 55.0. The average Bonchev–Trinajstić information content (AvgIpc) is 3.17. The third kappa shape index (κ3) is 9.32. The fraction of sp³-hybridized carbons (Fsp3) is 0.133. The van der Waals surface area contributed by atoms with Crippen LogP contribution < -0.4 is 0 Å². The second-order valence-corrected chi connectivity index (χ2v) is 12.0. The predicted octanol–water partition coefficient (Wildman–Crippen LogP) is 9.43. The van der Waals surface area contributed by atoms with Gasteiger partial charge in [-0.3, -0.25) is 0 Å². The van der Waals surface area contributed by atoms with Crippen molar-refractivity contribution in [1.82, 2.24) is 15.0 Å². The van der Waals surface area contributed by atoms with Crippen LogP contribution in [-0.2, 0) is 58.6 Å². The van der Waals surface area contributed by atoms with Crippen molar-refractivity contribution in [1.29, 1.82) is 0 Å². The molecule has 0 unspecified atom stereocenters. The van der Waals surface area contributed by atoms with Crippen LogP contribution in [0, 0.1) is 24.3 Å². The molecule has 0 amide bonds. The molecule has 0 fully saturated rings. The Morgan fingerprint density at radius 2 is 0.755 bits per heavy atom. The van der Waals surface area contributed by atoms with Gasteiger partial charge in [0, 0.05) is 38.7 Å². The van der Waals surface area contributed by atoms with E-state index in [0.717, 1.165) is 72.3 Å². The van der Waals surface area contributed by atoms with Gasteiger partial charge in [-0.25, -0.2) is 0 Å². The largest absolute Gasteiger partial charge is 0.304 e. The summed E-state index contributed by atoms with van der Waals surface area (Å²) in [4.78, 5) is 14.2. The first kappa shape index (κ1) is 33.9. The summed E-state index contributed by atoms with van der Waals surface area (Å²) in [5.74, 6) is 0. The van der Waals surface area contributed by atoms with E-state index < -0.39 is 0 Å². The topological polar surface area (TPSA) is 38.7 Å². The third-order valence-corrected chi connectivity index (χ3v) is 8.54. The summed E-state index contributed by atoms with van der Waals surface area (Å²) in [6.07, 6.45) is 11.5. The molecule has 0 spiro atoms. The van der Waals surface area contributed by atoms with Crippen molar-refractivity contribution in [3.8, 4) is 33.8 Å². The molecule has 0 aliphatic carbocycles. The van der Waals surface area contributed by atoms with E-state index in [0.29, 0.717) is 0 Å². The number of hydrogen-bond donors (Lipinski definition) is 0. The zero-order chi connectivity index (χ0) is 32.4. The molecule has 0 aliphatic rings. The molecule has 7 aromatic rings. The van der Waals surface area contributed by atoms with E-state index in [4.69, 9.17) is 15.0 Å². The first-order chi connectivity index (χ1) is 23.7. The van der Waals surface area contributed by atoms with Crippen LogP contribution in [0.5, 0.6) is 0 Å². The second-order valence-electron chi connectivity index (χ2n) is 12.0. The van der Waals surface area contributed by atoms with Gasteiger partial charge in [-0.15, -0.1) is 108 Å². The molecule has 3 heterocycles. The van der Waals surface area contributed by atoms with E-state index in [1.807, 2.05) is 91.4 Å². The van der Waals surface area contributed by atoms with Crippen LogP contribution in [0.25, 0.3) is 33.8 Å². The maximum absolute atomic E-state index is 4.72. The van der Waals surface area contributed by atoms with E-state index in [9.17, 15) is 0 Å². The van der Waals surface area contributed by atoms with Gasteiger partial charge < -0.3 is 15.0 Å². The molecule has 0 atom stereocenters. The molecule has 1 radical (unpaired) electrons. The van der Waals surface area contributed by atoms with Crippen LogP contribution in [-0.4, -0.2) is 15.0 Å². The van der Waals surface area contributed by atoms with Crippen LogP contribution >= 0.6 is 0 Å². The van der Waals surface area contributed by atoms with Crippen molar-refractivity contribution in [2.24, 2.45) is 0 Å². The van der Waals surface area contributed by atoms with Gasteiger partial charge in [0.15, 0.2) is 0 Å². The van der Waals surface area contributed by atoms with Crippen molar-refractivity contribution in [3.05, 3.63) is 198 Å². The Labute approximate surface area is 303 Å². The average molecular weight is 810 g/mol. The van der Waals surface area contributed by atoms with Crippen molar-refractivity contribution in [2.45, 2.75) is 38.5 Å². The Bertz CT molecular complexity index is 1770. The van der Waals surface area contributed by atoms with Crippen molar-refractivity contribution in [3.63, 3.8) is 0 Å². The number of benzene rings is 4. The number of aromatic nitrogens is 3. The van der Waals surface area contributed by atoms with Crippen LogP contribution in [0.2, 0.25) is 0 Å². The molecule has 0 N–H and O–H groups in total. The number of pyridine rings is 3. The minimum absolute atomic E-state index is 0. The molecular weight excluding hydrogens is 775 g/mol. The van der Waals surface area contributed by atoms with Crippen LogP contribution in [0.15, 0.2) is 140 Å². The summed E-state index contributed by atoms with van der Waals surface area (Å²) in [6.45, 7) is 0. The summed E-state index contributed by atoms with van der Waals surface area (Å²) in [7, 11) is 0. The van der Waals surface area contributed by atoms with E-state index in [-0.39, 0.29) is 20.1 Å².